The molecule has 2 aromatic carbocycles. The lowest BCUT2D eigenvalue weighted by atomic mass is 10.0. The summed E-state index contributed by atoms with van der Waals surface area (Å²) in [4.78, 5) is 8.82. The number of nitrogens with one attached hydrogen (secondary N) is 1. The number of fused-ring (bicyclic) bond motifs is 1. The van der Waals surface area contributed by atoms with Crippen molar-refractivity contribution in [1.82, 2.24) is 14.5 Å². The topological polar surface area (TPSA) is 84.6 Å². The van der Waals surface area contributed by atoms with Crippen LogP contribution < -0.4 is 10.1 Å². The second kappa shape index (κ2) is 8.24. The molecule has 7 nitrogen and oxygen atoms in total. The third-order valence-corrected chi connectivity index (χ3v) is 4.84. The molecule has 2 heterocycles. The molecule has 0 radical (unpaired) electrons. The Morgan fingerprint density at radius 3 is 2.73 bits per heavy atom. The van der Waals surface area contributed by atoms with E-state index in [2.05, 4.69) is 47.5 Å². The number of pyridine rings is 1. The minimum Gasteiger partial charge on any atom is -0.457 e. The molecule has 2 aromatic heterocycles. The molecule has 2 N–H and O–H groups in total. The van der Waals surface area contributed by atoms with Crippen molar-refractivity contribution in [2.45, 2.75) is 19.8 Å². The summed E-state index contributed by atoms with van der Waals surface area (Å²) in [7, 11) is 1.98. The number of imidazole rings is 1. The van der Waals surface area contributed by atoms with Gasteiger partial charge in [-0.15, -0.1) is 0 Å². The first-order chi connectivity index (χ1) is 14.5. The van der Waals surface area contributed by atoms with E-state index in [1.807, 2.05) is 35.9 Å². The average Bonchev–Trinajstić information content (AvgIpc) is 3.03. The molecular formula is C23H23N5O2. The molecule has 152 valence electrons. The maximum absolute atomic E-state index is 8.67. The molecule has 30 heavy (non-hydrogen) atoms. The Morgan fingerprint density at radius 2 is 1.93 bits per heavy atom. The highest BCUT2D eigenvalue weighted by molar-refractivity contribution is 5.81. The summed E-state index contributed by atoms with van der Waals surface area (Å²) in [6, 6.07) is 17.6. The molecule has 0 aliphatic carbocycles. The van der Waals surface area contributed by atoms with Gasteiger partial charge in [0.15, 0.2) is 0 Å². The van der Waals surface area contributed by atoms with E-state index in [0.29, 0.717) is 23.1 Å². The van der Waals surface area contributed by atoms with E-state index in [-0.39, 0.29) is 0 Å². The molecule has 0 atom stereocenters. The minimum atomic E-state index is 0.462. The second-order valence-corrected chi connectivity index (χ2v) is 7.31. The van der Waals surface area contributed by atoms with E-state index < -0.39 is 0 Å². The lowest BCUT2D eigenvalue weighted by Crippen LogP contribution is -1.99. The maximum Gasteiger partial charge on any atom is 0.208 e. The van der Waals surface area contributed by atoms with Gasteiger partial charge in [0.25, 0.3) is 0 Å². The standard InChI is InChI=1S/C23H23N5O2/c1-15(2)16-5-4-6-17(11-16)26-23-27-21-13-19(7-8-22(21)28(23)3)30-20-9-10-24-18(12-20)14-25-29/h4-15,29H,1-3H3,(H,26,27)/b25-14-. The molecule has 0 aliphatic heterocycles. The van der Waals surface area contributed by atoms with Crippen LogP contribution in [0.1, 0.15) is 31.0 Å². The van der Waals surface area contributed by atoms with Crippen molar-refractivity contribution in [3.8, 4) is 11.5 Å². The zero-order valence-electron chi connectivity index (χ0n) is 17.1. The predicted molar refractivity (Wildman–Crippen MR) is 118 cm³/mol. The third-order valence-electron chi connectivity index (χ3n) is 4.84. The molecule has 0 saturated carbocycles. The Morgan fingerprint density at radius 1 is 1.10 bits per heavy atom. The lowest BCUT2D eigenvalue weighted by molar-refractivity contribution is 0.321. The maximum atomic E-state index is 8.67. The van der Waals surface area contributed by atoms with Crippen LogP contribution in [0.15, 0.2) is 65.9 Å². The van der Waals surface area contributed by atoms with Crippen LogP contribution in [0.5, 0.6) is 11.5 Å². The van der Waals surface area contributed by atoms with Gasteiger partial charge in [-0.05, 0) is 41.8 Å². The fraction of sp³-hybridized carbons (Fsp3) is 0.174. The van der Waals surface area contributed by atoms with Crippen LogP contribution in [-0.4, -0.2) is 26.0 Å². The van der Waals surface area contributed by atoms with Gasteiger partial charge in [-0.3, -0.25) is 4.98 Å². The number of aryl methyl sites for hydroxylation is 1. The number of anilines is 2. The van der Waals surface area contributed by atoms with Crippen molar-refractivity contribution >= 4 is 28.9 Å². The summed E-state index contributed by atoms with van der Waals surface area (Å²) in [5.74, 6) is 2.48. The molecule has 0 unspecified atom stereocenters. The fourth-order valence-corrected chi connectivity index (χ4v) is 3.22. The van der Waals surface area contributed by atoms with Crippen molar-refractivity contribution in [3.05, 3.63) is 72.1 Å². The molecule has 0 amide bonds. The van der Waals surface area contributed by atoms with Crippen LogP contribution in [0.4, 0.5) is 11.6 Å². The van der Waals surface area contributed by atoms with E-state index in [9.17, 15) is 0 Å². The van der Waals surface area contributed by atoms with Crippen LogP contribution in [0.3, 0.4) is 0 Å². The van der Waals surface area contributed by atoms with Gasteiger partial charge in [0.2, 0.25) is 5.95 Å². The summed E-state index contributed by atoms with van der Waals surface area (Å²) in [6.07, 6.45) is 2.85. The lowest BCUT2D eigenvalue weighted by Gasteiger charge is -2.10. The fourth-order valence-electron chi connectivity index (χ4n) is 3.22. The first-order valence-corrected chi connectivity index (χ1v) is 9.68. The number of nitrogens with zero attached hydrogens (tertiary/aromatic N) is 4. The Bertz CT molecular complexity index is 1210. The molecule has 7 heteroatoms. The normalized spacial score (nSPS) is 11.5. The Labute approximate surface area is 174 Å². The summed E-state index contributed by atoms with van der Waals surface area (Å²) in [6.45, 7) is 4.36. The van der Waals surface area contributed by atoms with Crippen LogP contribution in [0.25, 0.3) is 11.0 Å². The van der Waals surface area contributed by atoms with Gasteiger partial charge in [-0.1, -0.05) is 31.1 Å². The van der Waals surface area contributed by atoms with Crippen molar-refractivity contribution in [3.63, 3.8) is 0 Å². The minimum absolute atomic E-state index is 0.462. The molecule has 0 spiro atoms. The van der Waals surface area contributed by atoms with Crippen LogP contribution in [-0.2, 0) is 7.05 Å². The summed E-state index contributed by atoms with van der Waals surface area (Å²) in [5, 5.41) is 15.1. The van der Waals surface area contributed by atoms with E-state index in [1.54, 1.807) is 18.3 Å². The molecule has 4 aromatic rings. The van der Waals surface area contributed by atoms with Gasteiger partial charge in [0, 0.05) is 31.1 Å². The molecule has 0 fully saturated rings. The highest BCUT2D eigenvalue weighted by Gasteiger charge is 2.10. The smallest absolute Gasteiger partial charge is 0.208 e. The first-order valence-electron chi connectivity index (χ1n) is 9.68. The van der Waals surface area contributed by atoms with E-state index in [0.717, 1.165) is 22.7 Å². The summed E-state index contributed by atoms with van der Waals surface area (Å²) >= 11 is 0. The van der Waals surface area contributed by atoms with Crippen molar-refractivity contribution < 1.29 is 9.94 Å². The van der Waals surface area contributed by atoms with Gasteiger partial charge in [-0.2, -0.15) is 0 Å². The Kier molecular flexibility index (Phi) is 5.34. The second-order valence-electron chi connectivity index (χ2n) is 7.31. The molecule has 0 aliphatic rings. The van der Waals surface area contributed by atoms with Crippen LogP contribution >= 0.6 is 0 Å². The number of oxime groups is 1. The van der Waals surface area contributed by atoms with E-state index >= 15 is 0 Å². The number of rotatable bonds is 6. The zero-order valence-corrected chi connectivity index (χ0v) is 17.1. The summed E-state index contributed by atoms with van der Waals surface area (Å²) < 4.78 is 7.95. The Balaban J connectivity index is 1.60. The van der Waals surface area contributed by atoms with Crippen molar-refractivity contribution in [2.24, 2.45) is 12.2 Å². The predicted octanol–water partition coefficient (Wildman–Crippen LogP) is 5.44. The van der Waals surface area contributed by atoms with Gasteiger partial charge < -0.3 is 19.8 Å². The largest absolute Gasteiger partial charge is 0.457 e. The number of ether oxygens (including phenoxy) is 1. The van der Waals surface area contributed by atoms with E-state index in [1.165, 1.54) is 11.8 Å². The number of hydrogen-bond acceptors (Lipinski definition) is 6. The molecule has 0 saturated heterocycles. The Hall–Kier alpha value is -3.87. The SMILES string of the molecule is CC(C)c1cccc(Nc2nc3cc(Oc4ccnc(/C=N\O)c4)ccc3n2C)c1. The summed E-state index contributed by atoms with van der Waals surface area (Å²) in [5.41, 5.74) is 4.60. The highest BCUT2D eigenvalue weighted by atomic mass is 16.5. The third kappa shape index (κ3) is 4.10. The van der Waals surface area contributed by atoms with Gasteiger partial charge in [-0.25, -0.2) is 4.98 Å². The van der Waals surface area contributed by atoms with Gasteiger partial charge in [0.05, 0.1) is 22.9 Å². The molecule has 4 rings (SSSR count). The van der Waals surface area contributed by atoms with Crippen LogP contribution in [0.2, 0.25) is 0 Å². The highest BCUT2D eigenvalue weighted by Crippen LogP contribution is 2.28. The number of hydrogen-bond donors (Lipinski definition) is 2. The van der Waals surface area contributed by atoms with E-state index in [4.69, 9.17) is 14.9 Å². The monoisotopic (exact) mass is 401 g/mol. The zero-order chi connectivity index (χ0) is 21.1. The molecular weight excluding hydrogens is 378 g/mol. The average molecular weight is 401 g/mol. The van der Waals surface area contributed by atoms with Gasteiger partial charge in [0.1, 0.15) is 11.5 Å². The van der Waals surface area contributed by atoms with Crippen LogP contribution in [0, 0.1) is 0 Å². The first kappa shape index (κ1) is 19.4. The number of benzene rings is 2. The van der Waals surface area contributed by atoms with Gasteiger partial charge >= 0.3 is 0 Å². The quantitative estimate of drug-likeness (QED) is 0.255. The van der Waals surface area contributed by atoms with Crippen molar-refractivity contribution in [2.75, 3.05) is 5.32 Å². The van der Waals surface area contributed by atoms with Crippen molar-refractivity contribution in [1.29, 1.82) is 0 Å². The molecule has 0 bridgehead atoms. The number of aromatic nitrogens is 3.